The van der Waals surface area contributed by atoms with Gasteiger partial charge < -0.3 is 9.47 Å². The fourth-order valence-electron chi connectivity index (χ4n) is 2.26. The number of ether oxygens (including phenoxy) is 2. The lowest BCUT2D eigenvalue weighted by atomic mass is 10.1. The molecule has 1 aliphatic heterocycles. The lowest BCUT2D eigenvalue weighted by molar-refractivity contribution is -0.129. The number of aliphatic imine (C=N–C) groups is 1. The Morgan fingerprint density at radius 1 is 1.19 bits per heavy atom. The van der Waals surface area contributed by atoms with Gasteiger partial charge in [-0.1, -0.05) is 27.5 Å². The van der Waals surface area contributed by atoms with Gasteiger partial charge in [-0.05, 0) is 46.3 Å². The molecule has 3 rings (SSSR count). The zero-order chi connectivity index (χ0) is 19.0. The predicted molar refractivity (Wildman–Crippen MR) is 100 cm³/mol. The number of halogens is 5. The van der Waals surface area contributed by atoms with Gasteiger partial charge in [0.1, 0.15) is 5.75 Å². The van der Waals surface area contributed by atoms with Crippen molar-refractivity contribution in [3.8, 4) is 5.75 Å². The van der Waals surface area contributed by atoms with Crippen LogP contribution in [-0.4, -0.2) is 19.0 Å². The van der Waals surface area contributed by atoms with Crippen molar-refractivity contribution in [3.05, 3.63) is 66.7 Å². The van der Waals surface area contributed by atoms with Crippen molar-refractivity contribution in [2.75, 3.05) is 7.11 Å². The predicted octanol–water partition coefficient (Wildman–Crippen LogP) is 5.50. The molecule has 0 atom stereocenters. The minimum Gasteiger partial charge on any atom is -0.495 e. The van der Waals surface area contributed by atoms with E-state index in [2.05, 4.69) is 36.9 Å². The van der Waals surface area contributed by atoms with Crippen LogP contribution in [0.4, 0.5) is 8.78 Å². The number of carbonyl (C=O) groups excluding carboxylic acids is 1. The molecule has 0 bridgehead atoms. The molecule has 0 aliphatic carbocycles. The van der Waals surface area contributed by atoms with Crippen molar-refractivity contribution in [1.82, 2.24) is 0 Å². The van der Waals surface area contributed by atoms with Crippen LogP contribution in [0.1, 0.15) is 11.1 Å². The van der Waals surface area contributed by atoms with Gasteiger partial charge in [0, 0.05) is 10.0 Å². The van der Waals surface area contributed by atoms with E-state index in [-0.39, 0.29) is 22.2 Å². The van der Waals surface area contributed by atoms with Crippen molar-refractivity contribution in [3.63, 3.8) is 0 Å². The summed E-state index contributed by atoms with van der Waals surface area (Å²) < 4.78 is 38.4. The third-order valence-electron chi connectivity index (χ3n) is 3.39. The van der Waals surface area contributed by atoms with Crippen LogP contribution in [0.2, 0.25) is 5.02 Å². The van der Waals surface area contributed by atoms with E-state index in [0.29, 0.717) is 15.8 Å². The summed E-state index contributed by atoms with van der Waals surface area (Å²) in [5.74, 6) is -2.71. The summed E-state index contributed by atoms with van der Waals surface area (Å²) in [6, 6.07) is 5.12. The number of benzene rings is 2. The maximum absolute atomic E-state index is 13.5. The molecule has 0 amide bonds. The molecule has 4 nitrogen and oxygen atoms in total. The monoisotopic (exact) mass is 505 g/mol. The molecule has 0 saturated carbocycles. The molecule has 1 heterocycles. The first-order valence-electron chi connectivity index (χ1n) is 7.00. The summed E-state index contributed by atoms with van der Waals surface area (Å²) in [7, 11) is 1.48. The maximum Gasteiger partial charge on any atom is 0.363 e. The molecule has 0 aromatic heterocycles. The summed E-state index contributed by atoms with van der Waals surface area (Å²) in [6.45, 7) is 0. The summed E-state index contributed by atoms with van der Waals surface area (Å²) in [5.41, 5.74) is 0.496. The highest BCUT2D eigenvalue weighted by Gasteiger charge is 2.27. The molecule has 2 aromatic carbocycles. The fraction of sp³-hybridized carbons (Fsp3) is 0.0588. The largest absolute Gasteiger partial charge is 0.495 e. The van der Waals surface area contributed by atoms with Gasteiger partial charge in [-0.25, -0.2) is 18.6 Å². The Labute approximate surface area is 168 Å². The highest BCUT2D eigenvalue weighted by Crippen LogP contribution is 2.35. The zero-order valence-corrected chi connectivity index (χ0v) is 16.9. The molecule has 0 spiro atoms. The number of cyclic esters (lactones) is 1. The van der Waals surface area contributed by atoms with Crippen LogP contribution < -0.4 is 4.74 Å². The van der Waals surface area contributed by atoms with Crippen LogP contribution in [0.25, 0.3) is 6.08 Å². The van der Waals surface area contributed by atoms with Gasteiger partial charge in [0.05, 0.1) is 22.2 Å². The Bertz CT molecular complexity index is 992. The van der Waals surface area contributed by atoms with Gasteiger partial charge in [-0.2, -0.15) is 0 Å². The number of carbonyl (C=O) groups is 1. The summed E-state index contributed by atoms with van der Waals surface area (Å²) in [5, 5.41) is -0.125. The minimum absolute atomic E-state index is 0.0234. The highest BCUT2D eigenvalue weighted by atomic mass is 79.9. The number of rotatable bonds is 3. The standard InChI is InChI=1S/C17H8Br2ClF2NO3/c1-25-15-7(2-8(18)4-10(15)19)3-14-17(24)26-16(23-14)9-5-12(21)13(22)6-11(9)20/h2-6H,1H3/b14-3+. The topological polar surface area (TPSA) is 47.9 Å². The van der Waals surface area contributed by atoms with E-state index in [0.717, 1.165) is 16.6 Å². The number of esters is 1. The molecule has 2 aromatic rings. The molecule has 0 radical (unpaired) electrons. The zero-order valence-electron chi connectivity index (χ0n) is 12.9. The van der Waals surface area contributed by atoms with Gasteiger partial charge >= 0.3 is 5.97 Å². The Hall–Kier alpha value is -1.77. The van der Waals surface area contributed by atoms with E-state index in [4.69, 9.17) is 21.1 Å². The second-order valence-electron chi connectivity index (χ2n) is 5.09. The number of hydrogen-bond acceptors (Lipinski definition) is 4. The molecule has 1 aliphatic rings. The lowest BCUT2D eigenvalue weighted by Gasteiger charge is -2.08. The van der Waals surface area contributed by atoms with E-state index in [1.807, 2.05) is 0 Å². The smallest absolute Gasteiger partial charge is 0.363 e. The van der Waals surface area contributed by atoms with Crippen LogP contribution in [0.15, 0.2) is 43.9 Å². The molecule has 9 heteroatoms. The highest BCUT2D eigenvalue weighted by molar-refractivity contribution is 9.11. The summed E-state index contributed by atoms with van der Waals surface area (Å²) in [6.07, 6.45) is 1.46. The third kappa shape index (κ3) is 3.67. The lowest BCUT2D eigenvalue weighted by Crippen LogP contribution is -2.07. The number of methoxy groups -OCH3 is 1. The van der Waals surface area contributed by atoms with Crippen LogP contribution in [0.5, 0.6) is 5.75 Å². The SMILES string of the molecule is COc1c(Br)cc(Br)cc1/C=C1/N=C(c2cc(F)c(F)cc2Cl)OC1=O. The van der Waals surface area contributed by atoms with E-state index in [9.17, 15) is 13.6 Å². The van der Waals surface area contributed by atoms with Crippen LogP contribution in [-0.2, 0) is 9.53 Å². The molecule has 0 unspecified atom stereocenters. The van der Waals surface area contributed by atoms with E-state index < -0.39 is 17.6 Å². The summed E-state index contributed by atoms with van der Waals surface area (Å²) >= 11 is 12.6. The Morgan fingerprint density at radius 3 is 2.58 bits per heavy atom. The van der Waals surface area contributed by atoms with Gasteiger partial charge in [-0.15, -0.1) is 0 Å². The van der Waals surface area contributed by atoms with Crippen LogP contribution in [0.3, 0.4) is 0 Å². The van der Waals surface area contributed by atoms with E-state index in [1.54, 1.807) is 12.1 Å². The Balaban J connectivity index is 2.07. The number of hydrogen-bond donors (Lipinski definition) is 0. The molecule has 134 valence electrons. The first kappa shape index (κ1) is 19.0. The second kappa shape index (κ2) is 7.46. The Morgan fingerprint density at radius 2 is 1.88 bits per heavy atom. The molecule has 26 heavy (non-hydrogen) atoms. The van der Waals surface area contributed by atoms with Crippen LogP contribution >= 0.6 is 43.5 Å². The second-order valence-corrected chi connectivity index (χ2v) is 7.27. The number of nitrogens with zero attached hydrogens (tertiary/aromatic N) is 1. The van der Waals surface area contributed by atoms with Gasteiger partial charge in [0.25, 0.3) is 0 Å². The Kier molecular flexibility index (Phi) is 5.45. The quantitative estimate of drug-likeness (QED) is 0.313. The first-order chi connectivity index (χ1) is 12.3. The van der Waals surface area contributed by atoms with Crippen molar-refractivity contribution in [2.24, 2.45) is 4.99 Å². The van der Waals surface area contributed by atoms with E-state index in [1.165, 1.54) is 13.2 Å². The van der Waals surface area contributed by atoms with Gasteiger partial charge in [0.15, 0.2) is 17.3 Å². The maximum atomic E-state index is 13.5. The molecular formula is C17H8Br2ClF2NO3. The third-order valence-corrected chi connectivity index (χ3v) is 4.75. The molecule has 0 N–H and O–H groups in total. The van der Waals surface area contributed by atoms with Crippen molar-refractivity contribution in [2.45, 2.75) is 0 Å². The average Bonchev–Trinajstić information content (AvgIpc) is 2.91. The molecule has 0 saturated heterocycles. The van der Waals surface area contributed by atoms with Crippen molar-refractivity contribution in [1.29, 1.82) is 0 Å². The van der Waals surface area contributed by atoms with Crippen LogP contribution in [0, 0.1) is 11.6 Å². The van der Waals surface area contributed by atoms with Crippen molar-refractivity contribution >= 4 is 61.4 Å². The summed E-state index contributed by atoms with van der Waals surface area (Å²) in [4.78, 5) is 16.2. The normalized spacial score (nSPS) is 15.2. The van der Waals surface area contributed by atoms with Gasteiger partial charge in [0.2, 0.25) is 5.90 Å². The van der Waals surface area contributed by atoms with E-state index >= 15 is 0 Å². The fourth-order valence-corrected chi connectivity index (χ4v) is 3.91. The average molecular weight is 508 g/mol. The first-order valence-corrected chi connectivity index (χ1v) is 8.97. The minimum atomic E-state index is -1.13. The van der Waals surface area contributed by atoms with Gasteiger partial charge in [-0.3, -0.25) is 0 Å². The van der Waals surface area contributed by atoms with Crippen molar-refractivity contribution < 1.29 is 23.0 Å². The molecular weight excluding hydrogens is 499 g/mol. The molecule has 0 fully saturated rings.